The maximum atomic E-state index is 12.3. The number of benzene rings is 1. The van der Waals surface area contributed by atoms with Gasteiger partial charge >= 0.3 is 6.09 Å². The third-order valence-corrected chi connectivity index (χ3v) is 4.44. The number of nitrogens with zero attached hydrogens (tertiary/aromatic N) is 1. The van der Waals surface area contributed by atoms with E-state index in [4.69, 9.17) is 9.15 Å². The van der Waals surface area contributed by atoms with E-state index in [-0.39, 0.29) is 6.09 Å². The molecule has 1 aliphatic heterocycles. The molecule has 1 N–H and O–H groups in total. The van der Waals surface area contributed by atoms with Gasteiger partial charge in [-0.3, -0.25) is 4.90 Å². The Balaban J connectivity index is 1.69. The van der Waals surface area contributed by atoms with Crippen molar-refractivity contribution in [3.8, 4) is 0 Å². The molecule has 6 heteroatoms. The molecule has 128 valence electrons. The van der Waals surface area contributed by atoms with E-state index in [1.807, 2.05) is 39.0 Å². The number of furan rings is 1. The maximum Gasteiger partial charge on any atom is 0.414 e. The lowest BCUT2D eigenvalue weighted by Crippen LogP contribution is -2.35. The Kier molecular flexibility index (Phi) is 4.58. The molecule has 1 aliphatic rings. The number of halogens is 1. The van der Waals surface area contributed by atoms with Gasteiger partial charge in [0.2, 0.25) is 0 Å². The van der Waals surface area contributed by atoms with Gasteiger partial charge in [0, 0.05) is 12.2 Å². The molecule has 1 aromatic carbocycles. The Morgan fingerprint density at radius 2 is 2.17 bits per heavy atom. The number of hydrogen-bond acceptors (Lipinski definition) is 4. The summed E-state index contributed by atoms with van der Waals surface area (Å²) in [5.74, 6) is 0.853. The van der Waals surface area contributed by atoms with Gasteiger partial charge in [-0.25, -0.2) is 4.79 Å². The van der Waals surface area contributed by atoms with Crippen molar-refractivity contribution in [2.24, 2.45) is 0 Å². The quantitative estimate of drug-likeness (QED) is 0.802. The number of fused-ring (bicyclic) bond motifs is 1. The van der Waals surface area contributed by atoms with E-state index in [2.05, 4.69) is 27.3 Å². The minimum atomic E-state index is -0.488. The van der Waals surface area contributed by atoms with E-state index in [1.54, 1.807) is 11.2 Å². The van der Waals surface area contributed by atoms with Crippen molar-refractivity contribution >= 4 is 33.4 Å². The van der Waals surface area contributed by atoms with Crippen molar-refractivity contribution in [3.63, 3.8) is 0 Å². The third-order valence-electron chi connectivity index (χ3n) is 3.73. The first-order valence-corrected chi connectivity index (χ1v) is 8.72. The Hall–Kier alpha value is -1.95. The highest BCUT2D eigenvalue weighted by molar-refractivity contribution is 9.10. The van der Waals surface area contributed by atoms with Crippen LogP contribution in [-0.4, -0.2) is 18.2 Å². The zero-order valence-corrected chi connectivity index (χ0v) is 15.6. The van der Waals surface area contributed by atoms with Crippen molar-refractivity contribution in [2.75, 3.05) is 16.8 Å². The molecule has 0 fully saturated rings. The molecule has 0 spiro atoms. The maximum absolute atomic E-state index is 12.3. The summed E-state index contributed by atoms with van der Waals surface area (Å²) in [6.45, 7) is 6.88. The molecule has 0 bridgehead atoms. The van der Waals surface area contributed by atoms with Crippen LogP contribution in [0.2, 0.25) is 0 Å². The van der Waals surface area contributed by atoms with E-state index in [0.29, 0.717) is 13.1 Å². The first-order chi connectivity index (χ1) is 11.3. The predicted octanol–water partition coefficient (Wildman–Crippen LogP) is 4.95. The molecular weight excluding hydrogens is 372 g/mol. The third kappa shape index (κ3) is 3.75. The Labute approximate surface area is 150 Å². The van der Waals surface area contributed by atoms with Gasteiger partial charge in [-0.05, 0) is 73.0 Å². The van der Waals surface area contributed by atoms with Crippen LogP contribution in [0.3, 0.4) is 0 Å². The zero-order valence-electron chi connectivity index (χ0n) is 14.1. The van der Waals surface area contributed by atoms with E-state index in [1.165, 1.54) is 0 Å². The summed E-state index contributed by atoms with van der Waals surface area (Å²) in [4.78, 5) is 14.0. The fraction of sp³-hybridized carbons (Fsp3) is 0.389. The van der Waals surface area contributed by atoms with Crippen LogP contribution in [0.5, 0.6) is 0 Å². The van der Waals surface area contributed by atoms with Crippen LogP contribution in [0, 0.1) is 0 Å². The molecule has 2 heterocycles. The number of amides is 1. The summed E-state index contributed by atoms with van der Waals surface area (Å²) >= 11 is 3.45. The first-order valence-electron chi connectivity index (χ1n) is 7.93. The van der Waals surface area contributed by atoms with Gasteiger partial charge in [-0.1, -0.05) is 0 Å². The largest absolute Gasteiger partial charge is 0.466 e. The lowest BCUT2D eigenvalue weighted by Gasteiger charge is -2.24. The van der Waals surface area contributed by atoms with Gasteiger partial charge in [0.05, 0.1) is 23.0 Å². The summed E-state index contributed by atoms with van der Waals surface area (Å²) < 4.78 is 11.8. The fourth-order valence-electron chi connectivity index (χ4n) is 2.65. The van der Waals surface area contributed by atoms with Crippen LogP contribution < -0.4 is 10.2 Å². The van der Waals surface area contributed by atoms with Gasteiger partial charge in [0.25, 0.3) is 0 Å². The summed E-state index contributed by atoms with van der Waals surface area (Å²) in [7, 11) is 0. The summed E-state index contributed by atoms with van der Waals surface area (Å²) in [6.07, 6.45) is 2.19. The number of hydrogen-bond donors (Lipinski definition) is 1. The SMILES string of the molecule is CC(C)(C)OC(=O)N1CCc2cc(NCc3occc3Br)ccc21. The molecular formula is C18H21BrN2O3. The van der Waals surface area contributed by atoms with Crippen molar-refractivity contribution in [3.05, 3.63) is 46.3 Å². The van der Waals surface area contributed by atoms with Gasteiger partial charge in [0.15, 0.2) is 0 Å². The van der Waals surface area contributed by atoms with Gasteiger partial charge in [-0.15, -0.1) is 0 Å². The number of ether oxygens (including phenoxy) is 1. The standard InChI is InChI=1S/C18H21BrN2O3/c1-18(2,3)24-17(22)21-8-6-12-10-13(4-5-15(12)21)20-11-16-14(19)7-9-23-16/h4-5,7,9-10,20H,6,8,11H2,1-3H3. The van der Waals surface area contributed by atoms with E-state index in [0.717, 1.165) is 33.6 Å². The summed E-state index contributed by atoms with van der Waals surface area (Å²) in [6, 6.07) is 7.89. The Morgan fingerprint density at radius 3 is 2.83 bits per heavy atom. The first kappa shape index (κ1) is 16.9. The Morgan fingerprint density at radius 1 is 1.38 bits per heavy atom. The van der Waals surface area contributed by atoms with Crippen LogP contribution in [-0.2, 0) is 17.7 Å². The minimum Gasteiger partial charge on any atom is -0.466 e. The summed E-state index contributed by atoms with van der Waals surface area (Å²) in [5, 5.41) is 3.34. The minimum absolute atomic E-state index is 0.290. The number of anilines is 2. The average molecular weight is 393 g/mol. The molecule has 0 saturated carbocycles. The second kappa shape index (κ2) is 6.51. The molecule has 0 unspecified atom stereocenters. The van der Waals surface area contributed by atoms with Crippen molar-refractivity contribution in [2.45, 2.75) is 39.3 Å². The van der Waals surface area contributed by atoms with Crippen LogP contribution in [0.1, 0.15) is 32.1 Å². The highest BCUT2D eigenvalue weighted by atomic mass is 79.9. The van der Waals surface area contributed by atoms with Gasteiger partial charge < -0.3 is 14.5 Å². The van der Waals surface area contributed by atoms with Crippen molar-refractivity contribution in [1.82, 2.24) is 0 Å². The predicted molar refractivity (Wildman–Crippen MR) is 97.5 cm³/mol. The summed E-state index contributed by atoms with van der Waals surface area (Å²) in [5.41, 5.74) is 2.58. The normalized spacial score (nSPS) is 13.8. The highest BCUT2D eigenvalue weighted by Crippen LogP contribution is 2.32. The number of carbonyl (C=O) groups excluding carboxylic acids is 1. The van der Waals surface area contributed by atoms with E-state index >= 15 is 0 Å². The molecule has 0 atom stereocenters. The molecule has 2 aromatic rings. The molecule has 0 aliphatic carbocycles. The lowest BCUT2D eigenvalue weighted by atomic mass is 10.1. The molecule has 1 amide bonds. The molecule has 0 radical (unpaired) electrons. The lowest BCUT2D eigenvalue weighted by molar-refractivity contribution is 0.0584. The van der Waals surface area contributed by atoms with Gasteiger partial charge in [0.1, 0.15) is 11.4 Å². The second-order valence-corrected chi connectivity index (χ2v) is 7.63. The van der Waals surface area contributed by atoms with Crippen LogP contribution >= 0.6 is 15.9 Å². The molecule has 5 nitrogen and oxygen atoms in total. The topological polar surface area (TPSA) is 54.7 Å². The van der Waals surface area contributed by atoms with Crippen LogP contribution in [0.15, 0.2) is 39.4 Å². The van der Waals surface area contributed by atoms with E-state index < -0.39 is 5.60 Å². The average Bonchev–Trinajstić information content (AvgIpc) is 3.09. The van der Waals surface area contributed by atoms with Crippen LogP contribution in [0.25, 0.3) is 0 Å². The molecule has 1 aromatic heterocycles. The number of nitrogens with one attached hydrogen (secondary N) is 1. The smallest absolute Gasteiger partial charge is 0.414 e. The molecule has 24 heavy (non-hydrogen) atoms. The van der Waals surface area contributed by atoms with Gasteiger partial charge in [-0.2, -0.15) is 0 Å². The number of rotatable bonds is 3. The zero-order chi connectivity index (χ0) is 17.3. The molecule has 0 saturated heterocycles. The monoisotopic (exact) mass is 392 g/mol. The van der Waals surface area contributed by atoms with Crippen LogP contribution in [0.4, 0.5) is 16.2 Å². The van der Waals surface area contributed by atoms with Crippen molar-refractivity contribution < 1.29 is 13.9 Å². The fourth-order valence-corrected chi connectivity index (χ4v) is 2.99. The van der Waals surface area contributed by atoms with Crippen molar-refractivity contribution in [1.29, 1.82) is 0 Å². The Bertz CT molecular complexity index is 749. The highest BCUT2D eigenvalue weighted by Gasteiger charge is 2.28. The molecule has 3 rings (SSSR count). The number of carbonyl (C=O) groups is 1. The second-order valence-electron chi connectivity index (χ2n) is 6.77. The van der Waals surface area contributed by atoms with E-state index in [9.17, 15) is 4.79 Å².